The van der Waals surface area contributed by atoms with Gasteiger partial charge >= 0.3 is 0 Å². The maximum Gasteiger partial charge on any atom is 0.268 e. The van der Waals surface area contributed by atoms with Crippen LogP contribution in [0.15, 0.2) is 18.2 Å². The second-order valence-electron chi connectivity index (χ2n) is 4.78. The molecular formula is C15H19FN2O. The lowest BCUT2D eigenvalue weighted by Gasteiger charge is -2.03. The molecule has 3 nitrogen and oxygen atoms in total. The summed E-state index contributed by atoms with van der Waals surface area (Å²) in [6.07, 6.45) is 3.22. The maximum atomic E-state index is 13.2. The fourth-order valence-corrected chi connectivity index (χ4v) is 2.19. The number of fused-ring (bicyclic) bond motifs is 1. The fraction of sp³-hybridized carbons (Fsp3) is 0.400. The van der Waals surface area contributed by atoms with Crippen LogP contribution in [0.25, 0.3) is 10.9 Å². The van der Waals surface area contributed by atoms with E-state index in [0.29, 0.717) is 12.2 Å². The number of benzene rings is 1. The highest BCUT2D eigenvalue weighted by Crippen LogP contribution is 2.22. The Hall–Kier alpha value is -1.84. The third kappa shape index (κ3) is 2.95. The Balaban J connectivity index is 2.16. The molecule has 2 rings (SSSR count). The molecule has 0 bridgehead atoms. The summed E-state index contributed by atoms with van der Waals surface area (Å²) in [4.78, 5) is 15.1. The van der Waals surface area contributed by atoms with E-state index >= 15 is 0 Å². The van der Waals surface area contributed by atoms with Gasteiger partial charge in [-0.25, -0.2) is 4.39 Å². The van der Waals surface area contributed by atoms with Crippen LogP contribution in [0.1, 0.15) is 42.2 Å². The van der Waals surface area contributed by atoms with E-state index in [1.54, 1.807) is 6.07 Å². The third-order valence-corrected chi connectivity index (χ3v) is 3.31. The number of halogens is 1. The predicted octanol–water partition coefficient (Wildman–Crippen LogP) is 3.54. The van der Waals surface area contributed by atoms with Crippen LogP contribution in [-0.4, -0.2) is 17.4 Å². The first kappa shape index (κ1) is 13.6. The van der Waals surface area contributed by atoms with Gasteiger partial charge in [0, 0.05) is 17.4 Å². The van der Waals surface area contributed by atoms with Crippen LogP contribution < -0.4 is 5.32 Å². The zero-order valence-corrected chi connectivity index (χ0v) is 11.3. The van der Waals surface area contributed by atoms with Crippen LogP contribution in [0.4, 0.5) is 4.39 Å². The van der Waals surface area contributed by atoms with Crippen molar-refractivity contribution in [1.82, 2.24) is 10.3 Å². The number of unbranched alkanes of at least 4 members (excludes halogenated alkanes) is 2. The molecule has 0 radical (unpaired) electrons. The van der Waals surface area contributed by atoms with Gasteiger partial charge in [0.1, 0.15) is 11.5 Å². The number of carbonyl (C=O) groups excluding carboxylic acids is 1. The zero-order valence-electron chi connectivity index (χ0n) is 11.3. The lowest BCUT2D eigenvalue weighted by molar-refractivity contribution is 0.0948. The molecule has 0 saturated heterocycles. The summed E-state index contributed by atoms with van der Waals surface area (Å²) in [6, 6.07) is 4.50. The van der Waals surface area contributed by atoms with E-state index in [0.717, 1.165) is 35.7 Å². The van der Waals surface area contributed by atoms with Gasteiger partial charge in [0.25, 0.3) is 5.91 Å². The van der Waals surface area contributed by atoms with E-state index in [1.807, 2.05) is 6.92 Å². The average molecular weight is 262 g/mol. The van der Waals surface area contributed by atoms with Crippen LogP contribution in [-0.2, 0) is 0 Å². The average Bonchev–Trinajstić information content (AvgIpc) is 2.72. The second-order valence-corrected chi connectivity index (χ2v) is 4.78. The number of hydrogen-bond donors (Lipinski definition) is 2. The third-order valence-electron chi connectivity index (χ3n) is 3.31. The number of aryl methyl sites for hydroxylation is 1. The van der Waals surface area contributed by atoms with E-state index in [2.05, 4.69) is 17.2 Å². The Labute approximate surface area is 112 Å². The van der Waals surface area contributed by atoms with E-state index < -0.39 is 0 Å². The molecule has 0 aliphatic carbocycles. The summed E-state index contributed by atoms with van der Waals surface area (Å²) in [5.41, 5.74) is 2.11. The Kier molecular flexibility index (Phi) is 4.20. The summed E-state index contributed by atoms with van der Waals surface area (Å²) in [6.45, 7) is 4.63. The second kappa shape index (κ2) is 5.87. The molecule has 0 saturated carbocycles. The quantitative estimate of drug-likeness (QED) is 0.795. The molecule has 1 aromatic heterocycles. The standard InChI is InChI=1S/C15H19FN2O/c1-3-4-5-8-17-15(19)14-10(2)12-9-11(16)6-7-13(12)18-14/h6-7,9,18H,3-5,8H2,1-2H3,(H,17,19). The number of H-pyrrole nitrogens is 1. The number of aromatic amines is 1. The Morgan fingerprint density at radius 2 is 2.16 bits per heavy atom. The predicted molar refractivity (Wildman–Crippen MR) is 74.9 cm³/mol. The van der Waals surface area contributed by atoms with Gasteiger partial charge in [0.2, 0.25) is 0 Å². The number of amides is 1. The van der Waals surface area contributed by atoms with Crippen molar-refractivity contribution in [3.05, 3.63) is 35.3 Å². The molecule has 102 valence electrons. The minimum Gasteiger partial charge on any atom is -0.351 e. The topological polar surface area (TPSA) is 44.9 Å². The van der Waals surface area contributed by atoms with Crippen molar-refractivity contribution in [3.8, 4) is 0 Å². The van der Waals surface area contributed by atoms with Gasteiger partial charge in [-0.3, -0.25) is 4.79 Å². The van der Waals surface area contributed by atoms with Crippen molar-refractivity contribution in [2.75, 3.05) is 6.54 Å². The van der Waals surface area contributed by atoms with Crippen LogP contribution >= 0.6 is 0 Å². The van der Waals surface area contributed by atoms with Crippen molar-refractivity contribution in [2.24, 2.45) is 0 Å². The minimum absolute atomic E-state index is 0.120. The van der Waals surface area contributed by atoms with Gasteiger partial charge in [0.15, 0.2) is 0 Å². The Morgan fingerprint density at radius 3 is 2.89 bits per heavy atom. The van der Waals surface area contributed by atoms with Crippen LogP contribution in [0.3, 0.4) is 0 Å². The van der Waals surface area contributed by atoms with Crippen molar-refractivity contribution in [2.45, 2.75) is 33.1 Å². The van der Waals surface area contributed by atoms with Crippen molar-refractivity contribution in [1.29, 1.82) is 0 Å². The summed E-state index contributed by atoms with van der Waals surface area (Å²) in [7, 11) is 0. The largest absolute Gasteiger partial charge is 0.351 e. The molecule has 19 heavy (non-hydrogen) atoms. The first-order valence-corrected chi connectivity index (χ1v) is 6.69. The lowest BCUT2D eigenvalue weighted by Crippen LogP contribution is -2.25. The maximum absolute atomic E-state index is 13.2. The first-order valence-electron chi connectivity index (χ1n) is 6.69. The molecule has 1 heterocycles. The SMILES string of the molecule is CCCCCNC(=O)c1[nH]c2ccc(F)cc2c1C. The lowest BCUT2D eigenvalue weighted by atomic mass is 10.1. The summed E-state index contributed by atoms with van der Waals surface area (Å²) in [5, 5.41) is 3.65. The van der Waals surface area contributed by atoms with Gasteiger partial charge in [-0.1, -0.05) is 19.8 Å². The fourth-order valence-electron chi connectivity index (χ4n) is 2.19. The molecule has 4 heteroatoms. The Morgan fingerprint density at radius 1 is 1.37 bits per heavy atom. The summed E-state index contributed by atoms with van der Waals surface area (Å²) in [5.74, 6) is -0.408. The highest BCUT2D eigenvalue weighted by Gasteiger charge is 2.14. The smallest absolute Gasteiger partial charge is 0.268 e. The van der Waals surface area contributed by atoms with Crippen LogP contribution in [0.5, 0.6) is 0 Å². The number of aromatic nitrogens is 1. The zero-order chi connectivity index (χ0) is 13.8. The minimum atomic E-state index is -0.287. The van der Waals surface area contributed by atoms with Gasteiger partial charge in [-0.05, 0) is 37.1 Å². The molecular weight excluding hydrogens is 243 g/mol. The van der Waals surface area contributed by atoms with E-state index in [1.165, 1.54) is 12.1 Å². The summed E-state index contributed by atoms with van der Waals surface area (Å²) < 4.78 is 13.2. The molecule has 0 spiro atoms. The van der Waals surface area contributed by atoms with Gasteiger partial charge in [-0.2, -0.15) is 0 Å². The van der Waals surface area contributed by atoms with Crippen molar-refractivity contribution >= 4 is 16.8 Å². The molecule has 0 aliphatic heterocycles. The Bertz CT molecular complexity index is 589. The molecule has 2 N–H and O–H groups in total. The molecule has 0 atom stereocenters. The molecule has 2 aromatic rings. The first-order chi connectivity index (χ1) is 9.13. The number of hydrogen-bond acceptors (Lipinski definition) is 1. The van der Waals surface area contributed by atoms with E-state index in [4.69, 9.17) is 0 Å². The van der Waals surface area contributed by atoms with Gasteiger partial charge < -0.3 is 10.3 Å². The number of carbonyl (C=O) groups is 1. The monoisotopic (exact) mass is 262 g/mol. The van der Waals surface area contributed by atoms with Crippen molar-refractivity contribution in [3.63, 3.8) is 0 Å². The van der Waals surface area contributed by atoms with Gasteiger partial charge in [0.05, 0.1) is 0 Å². The van der Waals surface area contributed by atoms with E-state index in [-0.39, 0.29) is 11.7 Å². The molecule has 1 aromatic carbocycles. The van der Waals surface area contributed by atoms with Crippen LogP contribution in [0.2, 0.25) is 0 Å². The van der Waals surface area contributed by atoms with Crippen LogP contribution in [0, 0.1) is 12.7 Å². The number of nitrogens with one attached hydrogen (secondary N) is 2. The molecule has 1 amide bonds. The molecule has 0 aliphatic rings. The highest BCUT2D eigenvalue weighted by molar-refractivity contribution is 6.00. The van der Waals surface area contributed by atoms with E-state index in [9.17, 15) is 9.18 Å². The normalized spacial score (nSPS) is 10.9. The molecule has 0 fully saturated rings. The van der Waals surface area contributed by atoms with Crippen molar-refractivity contribution < 1.29 is 9.18 Å². The van der Waals surface area contributed by atoms with Gasteiger partial charge in [-0.15, -0.1) is 0 Å². The number of rotatable bonds is 5. The summed E-state index contributed by atoms with van der Waals surface area (Å²) >= 11 is 0. The highest BCUT2D eigenvalue weighted by atomic mass is 19.1. The molecule has 0 unspecified atom stereocenters.